The molecule has 3 nitrogen and oxygen atoms in total. The van der Waals surface area contributed by atoms with E-state index in [0.717, 1.165) is 12.1 Å². The van der Waals surface area contributed by atoms with Crippen LogP contribution in [0.1, 0.15) is 15.9 Å². The van der Waals surface area contributed by atoms with Crippen LogP contribution in [-0.4, -0.2) is 18.2 Å². The Labute approximate surface area is 78.9 Å². The topological polar surface area (TPSA) is 46.5 Å². The van der Waals surface area contributed by atoms with E-state index >= 15 is 0 Å². The van der Waals surface area contributed by atoms with Gasteiger partial charge in [0.25, 0.3) is 0 Å². The highest BCUT2D eigenvalue weighted by atomic mass is 19.1. The van der Waals surface area contributed by atoms with Crippen molar-refractivity contribution < 1.29 is 23.4 Å². The summed E-state index contributed by atoms with van der Waals surface area (Å²) in [5, 5.41) is 8.49. The van der Waals surface area contributed by atoms with Crippen molar-refractivity contribution in [3.63, 3.8) is 0 Å². The number of carbonyl (C=O) groups is 1. The first-order chi connectivity index (χ1) is 6.56. The molecule has 0 aliphatic rings. The van der Waals surface area contributed by atoms with E-state index in [0.29, 0.717) is 0 Å². The first-order valence-corrected chi connectivity index (χ1v) is 3.76. The Bertz CT molecular complexity index is 340. The van der Waals surface area contributed by atoms with Gasteiger partial charge in [-0.15, -0.1) is 0 Å². The Balaban J connectivity index is 3.18. The maximum absolute atomic E-state index is 13.1. The third-order valence-corrected chi connectivity index (χ3v) is 1.68. The molecule has 5 heteroatoms. The van der Waals surface area contributed by atoms with Gasteiger partial charge in [0, 0.05) is 12.7 Å². The smallest absolute Gasteiger partial charge is 0.335 e. The lowest BCUT2D eigenvalue weighted by Crippen LogP contribution is -2.03. The molecule has 14 heavy (non-hydrogen) atoms. The van der Waals surface area contributed by atoms with E-state index in [4.69, 9.17) is 5.11 Å². The molecular weight excluding hydrogens is 194 g/mol. The molecule has 0 aliphatic carbocycles. The van der Waals surface area contributed by atoms with Crippen LogP contribution < -0.4 is 0 Å². The third kappa shape index (κ3) is 2.05. The summed E-state index contributed by atoms with van der Waals surface area (Å²) in [7, 11) is 1.30. The summed E-state index contributed by atoms with van der Waals surface area (Å²) >= 11 is 0. The van der Waals surface area contributed by atoms with Crippen molar-refractivity contribution in [2.24, 2.45) is 0 Å². The van der Waals surface area contributed by atoms with Crippen molar-refractivity contribution in [2.75, 3.05) is 7.11 Å². The van der Waals surface area contributed by atoms with Gasteiger partial charge in [-0.05, 0) is 12.1 Å². The standard InChI is InChI=1S/C9H8F2O3/c1-14-4-6-7(10)2-5(9(12)13)3-8(6)11/h2-3H,4H2,1H3,(H,12,13). The van der Waals surface area contributed by atoms with Crippen LogP contribution in [0.25, 0.3) is 0 Å². The molecule has 0 amide bonds. The molecule has 0 heterocycles. The van der Waals surface area contributed by atoms with Crippen molar-refractivity contribution in [2.45, 2.75) is 6.61 Å². The predicted octanol–water partition coefficient (Wildman–Crippen LogP) is 1.81. The van der Waals surface area contributed by atoms with Crippen LogP contribution in [0.2, 0.25) is 0 Å². The fourth-order valence-corrected chi connectivity index (χ4v) is 1.01. The zero-order chi connectivity index (χ0) is 10.7. The minimum atomic E-state index is -1.37. The van der Waals surface area contributed by atoms with Crippen LogP contribution in [0.3, 0.4) is 0 Å². The Kier molecular flexibility index (Phi) is 3.14. The average Bonchev–Trinajstić information content (AvgIpc) is 2.10. The first-order valence-electron chi connectivity index (χ1n) is 3.76. The second-order valence-corrected chi connectivity index (χ2v) is 2.66. The van der Waals surface area contributed by atoms with Crippen LogP contribution in [0.5, 0.6) is 0 Å². The molecule has 76 valence electrons. The van der Waals surface area contributed by atoms with E-state index < -0.39 is 23.2 Å². The van der Waals surface area contributed by atoms with Gasteiger partial charge in [-0.2, -0.15) is 0 Å². The van der Waals surface area contributed by atoms with Crippen molar-refractivity contribution in [1.82, 2.24) is 0 Å². The number of hydrogen-bond donors (Lipinski definition) is 1. The normalized spacial score (nSPS) is 10.2. The zero-order valence-electron chi connectivity index (χ0n) is 7.38. The lowest BCUT2D eigenvalue weighted by atomic mass is 10.1. The van der Waals surface area contributed by atoms with E-state index in [1.165, 1.54) is 7.11 Å². The van der Waals surface area contributed by atoms with Gasteiger partial charge < -0.3 is 9.84 Å². The van der Waals surface area contributed by atoms with Crippen molar-refractivity contribution >= 4 is 5.97 Å². The molecular formula is C9H8F2O3. The second kappa shape index (κ2) is 4.15. The summed E-state index contributed by atoms with van der Waals surface area (Å²) in [5.74, 6) is -3.19. The van der Waals surface area contributed by atoms with Crippen LogP contribution in [0.15, 0.2) is 12.1 Å². The van der Waals surface area contributed by atoms with Gasteiger partial charge in [0.15, 0.2) is 0 Å². The fraction of sp³-hybridized carbons (Fsp3) is 0.222. The third-order valence-electron chi connectivity index (χ3n) is 1.68. The fourth-order valence-electron chi connectivity index (χ4n) is 1.01. The number of carboxylic acid groups (broad SMARTS) is 1. The van der Waals surface area contributed by atoms with E-state index in [1.54, 1.807) is 0 Å². The molecule has 0 aromatic heterocycles. The Morgan fingerprint density at radius 1 is 1.43 bits per heavy atom. The van der Waals surface area contributed by atoms with Gasteiger partial charge in [0.2, 0.25) is 0 Å². The summed E-state index contributed by atoms with van der Waals surface area (Å²) in [5.41, 5.74) is -0.683. The minimum Gasteiger partial charge on any atom is -0.478 e. The molecule has 0 radical (unpaired) electrons. The van der Waals surface area contributed by atoms with E-state index in [9.17, 15) is 13.6 Å². The lowest BCUT2D eigenvalue weighted by Gasteiger charge is -2.04. The Morgan fingerprint density at radius 3 is 2.29 bits per heavy atom. The van der Waals surface area contributed by atoms with Gasteiger partial charge in [0.1, 0.15) is 11.6 Å². The molecule has 0 spiro atoms. The van der Waals surface area contributed by atoms with Crippen molar-refractivity contribution in [3.05, 3.63) is 34.9 Å². The number of benzene rings is 1. The van der Waals surface area contributed by atoms with Gasteiger partial charge in [-0.1, -0.05) is 0 Å². The van der Waals surface area contributed by atoms with Crippen LogP contribution >= 0.6 is 0 Å². The van der Waals surface area contributed by atoms with E-state index in [1.807, 2.05) is 0 Å². The number of aromatic carboxylic acids is 1. The average molecular weight is 202 g/mol. The molecule has 0 atom stereocenters. The first kappa shape index (κ1) is 10.6. The molecule has 0 saturated heterocycles. The number of halogens is 2. The molecule has 0 fully saturated rings. The number of ether oxygens (including phenoxy) is 1. The summed E-state index contributed by atoms with van der Waals surface area (Å²) in [6, 6.07) is 1.53. The molecule has 0 bridgehead atoms. The van der Waals surface area contributed by atoms with Crippen molar-refractivity contribution in [1.29, 1.82) is 0 Å². The number of rotatable bonds is 3. The number of hydrogen-bond acceptors (Lipinski definition) is 2. The van der Waals surface area contributed by atoms with Crippen molar-refractivity contribution in [3.8, 4) is 0 Å². The largest absolute Gasteiger partial charge is 0.478 e. The Morgan fingerprint density at radius 2 is 1.93 bits per heavy atom. The summed E-state index contributed by atoms with van der Waals surface area (Å²) < 4.78 is 30.7. The SMILES string of the molecule is COCc1c(F)cc(C(=O)O)cc1F. The minimum absolute atomic E-state index is 0.225. The molecule has 0 unspecified atom stereocenters. The Hall–Kier alpha value is -1.49. The van der Waals surface area contributed by atoms with Gasteiger partial charge in [-0.3, -0.25) is 0 Å². The summed E-state index contributed by atoms with van der Waals surface area (Å²) in [6.45, 7) is -0.225. The molecule has 1 aromatic rings. The molecule has 1 N–H and O–H groups in total. The summed E-state index contributed by atoms with van der Waals surface area (Å²) in [6.07, 6.45) is 0. The van der Waals surface area contributed by atoms with Gasteiger partial charge in [0.05, 0.1) is 12.2 Å². The predicted molar refractivity (Wildman–Crippen MR) is 44.0 cm³/mol. The highest BCUT2D eigenvalue weighted by molar-refractivity contribution is 5.87. The highest BCUT2D eigenvalue weighted by Crippen LogP contribution is 2.16. The van der Waals surface area contributed by atoms with Crippen LogP contribution in [0.4, 0.5) is 8.78 Å². The second-order valence-electron chi connectivity index (χ2n) is 2.66. The summed E-state index contributed by atoms with van der Waals surface area (Å²) in [4.78, 5) is 10.4. The van der Waals surface area contributed by atoms with E-state index in [-0.39, 0.29) is 12.2 Å². The maximum atomic E-state index is 13.1. The maximum Gasteiger partial charge on any atom is 0.335 e. The van der Waals surface area contributed by atoms with Crippen LogP contribution in [0, 0.1) is 11.6 Å². The zero-order valence-corrected chi connectivity index (χ0v) is 7.38. The molecule has 0 saturated carbocycles. The monoisotopic (exact) mass is 202 g/mol. The lowest BCUT2D eigenvalue weighted by molar-refractivity contribution is 0.0695. The molecule has 1 aromatic carbocycles. The van der Waals surface area contributed by atoms with Gasteiger partial charge >= 0.3 is 5.97 Å². The highest BCUT2D eigenvalue weighted by Gasteiger charge is 2.13. The van der Waals surface area contributed by atoms with E-state index in [2.05, 4.69) is 4.74 Å². The molecule has 1 rings (SSSR count). The quantitative estimate of drug-likeness (QED) is 0.813. The molecule has 0 aliphatic heterocycles. The van der Waals surface area contributed by atoms with Crippen LogP contribution in [-0.2, 0) is 11.3 Å². The number of methoxy groups -OCH3 is 1. The van der Waals surface area contributed by atoms with Gasteiger partial charge in [-0.25, -0.2) is 13.6 Å². The number of carboxylic acids is 1.